The molecule has 2 rings (SSSR count). The van der Waals surface area contributed by atoms with Crippen molar-refractivity contribution in [1.29, 1.82) is 0 Å². The Labute approximate surface area is 104 Å². The Morgan fingerprint density at radius 3 is 2.59 bits per heavy atom. The lowest BCUT2D eigenvalue weighted by atomic mass is 10.1. The van der Waals surface area contributed by atoms with E-state index in [0.29, 0.717) is 5.92 Å². The van der Waals surface area contributed by atoms with E-state index in [4.69, 9.17) is 0 Å². The van der Waals surface area contributed by atoms with E-state index in [9.17, 15) is 0 Å². The SMILES string of the molecule is Cc1cc(C(C)C)nc(NCC(C)C2CC2)n1. The minimum Gasteiger partial charge on any atom is -0.354 e. The van der Waals surface area contributed by atoms with E-state index in [2.05, 4.69) is 42.1 Å². The molecule has 1 N–H and O–H groups in total. The highest BCUT2D eigenvalue weighted by Gasteiger charge is 2.27. The molecule has 1 saturated carbocycles. The molecule has 0 radical (unpaired) electrons. The Kier molecular flexibility index (Phi) is 3.65. The van der Waals surface area contributed by atoms with Crippen LogP contribution in [0.3, 0.4) is 0 Å². The van der Waals surface area contributed by atoms with Crippen LogP contribution in [0.1, 0.15) is 50.9 Å². The monoisotopic (exact) mass is 233 g/mol. The van der Waals surface area contributed by atoms with Gasteiger partial charge in [-0.15, -0.1) is 0 Å². The average molecular weight is 233 g/mol. The highest BCUT2D eigenvalue weighted by atomic mass is 15.1. The standard InChI is InChI=1S/C14H23N3/c1-9(2)13-7-11(4)16-14(17-13)15-8-10(3)12-5-6-12/h7,9-10,12H,5-6,8H2,1-4H3,(H,15,16,17). The summed E-state index contributed by atoms with van der Waals surface area (Å²) in [6.45, 7) is 9.66. The number of anilines is 1. The lowest BCUT2D eigenvalue weighted by molar-refractivity contribution is 0.534. The van der Waals surface area contributed by atoms with Crippen molar-refractivity contribution in [2.24, 2.45) is 11.8 Å². The lowest BCUT2D eigenvalue weighted by Gasteiger charge is -2.13. The minimum atomic E-state index is 0.457. The van der Waals surface area contributed by atoms with Crippen LogP contribution in [0.5, 0.6) is 0 Å². The zero-order valence-electron chi connectivity index (χ0n) is 11.3. The summed E-state index contributed by atoms with van der Waals surface area (Å²) in [5.41, 5.74) is 2.17. The molecule has 1 unspecified atom stereocenters. The van der Waals surface area contributed by atoms with E-state index in [1.165, 1.54) is 12.8 Å². The number of rotatable bonds is 5. The molecule has 0 aromatic carbocycles. The number of nitrogens with one attached hydrogen (secondary N) is 1. The molecule has 1 atom stereocenters. The smallest absolute Gasteiger partial charge is 0.223 e. The van der Waals surface area contributed by atoms with Crippen LogP contribution < -0.4 is 5.32 Å². The first-order valence-electron chi connectivity index (χ1n) is 6.65. The van der Waals surface area contributed by atoms with Gasteiger partial charge in [0, 0.05) is 17.9 Å². The molecule has 1 aromatic heterocycles. The van der Waals surface area contributed by atoms with E-state index < -0.39 is 0 Å². The zero-order valence-corrected chi connectivity index (χ0v) is 11.3. The van der Waals surface area contributed by atoms with Gasteiger partial charge in [-0.1, -0.05) is 20.8 Å². The van der Waals surface area contributed by atoms with Crippen molar-refractivity contribution in [3.05, 3.63) is 17.5 Å². The number of nitrogens with zero attached hydrogens (tertiary/aromatic N) is 2. The van der Waals surface area contributed by atoms with E-state index in [-0.39, 0.29) is 0 Å². The number of hydrogen-bond acceptors (Lipinski definition) is 3. The Bertz CT molecular complexity index is 383. The highest BCUT2D eigenvalue weighted by Crippen LogP contribution is 2.36. The molecular weight excluding hydrogens is 210 g/mol. The second-order valence-electron chi connectivity index (χ2n) is 5.61. The molecule has 0 spiro atoms. The van der Waals surface area contributed by atoms with Crippen LogP contribution in [0, 0.1) is 18.8 Å². The second kappa shape index (κ2) is 5.03. The molecule has 0 bridgehead atoms. The molecule has 17 heavy (non-hydrogen) atoms. The molecule has 0 aliphatic heterocycles. The normalized spacial score (nSPS) is 17.2. The van der Waals surface area contributed by atoms with Crippen molar-refractivity contribution >= 4 is 5.95 Å². The molecule has 0 saturated heterocycles. The summed E-state index contributed by atoms with van der Waals surface area (Å²) in [7, 11) is 0. The molecule has 1 aromatic rings. The molecule has 0 amide bonds. The van der Waals surface area contributed by atoms with Crippen molar-refractivity contribution in [2.75, 3.05) is 11.9 Å². The number of aromatic nitrogens is 2. The Hall–Kier alpha value is -1.12. The van der Waals surface area contributed by atoms with Crippen LogP contribution in [-0.2, 0) is 0 Å². The summed E-state index contributed by atoms with van der Waals surface area (Å²) in [4.78, 5) is 9.01. The van der Waals surface area contributed by atoms with Crippen molar-refractivity contribution in [3.8, 4) is 0 Å². The van der Waals surface area contributed by atoms with Gasteiger partial charge in [0.15, 0.2) is 0 Å². The number of aryl methyl sites for hydroxylation is 1. The predicted octanol–water partition coefficient (Wildman–Crippen LogP) is 3.37. The fourth-order valence-corrected chi connectivity index (χ4v) is 2.05. The maximum atomic E-state index is 4.56. The van der Waals surface area contributed by atoms with E-state index >= 15 is 0 Å². The Morgan fingerprint density at radius 1 is 1.29 bits per heavy atom. The van der Waals surface area contributed by atoms with Gasteiger partial charge >= 0.3 is 0 Å². The van der Waals surface area contributed by atoms with Gasteiger partial charge in [0.05, 0.1) is 0 Å². The third kappa shape index (κ3) is 3.42. The van der Waals surface area contributed by atoms with Crippen LogP contribution in [0.2, 0.25) is 0 Å². The maximum Gasteiger partial charge on any atom is 0.223 e. The van der Waals surface area contributed by atoms with E-state index in [0.717, 1.165) is 35.7 Å². The molecule has 3 heteroatoms. The van der Waals surface area contributed by atoms with Gasteiger partial charge in [0.2, 0.25) is 5.95 Å². The van der Waals surface area contributed by atoms with Crippen molar-refractivity contribution in [2.45, 2.75) is 46.5 Å². The van der Waals surface area contributed by atoms with E-state index in [1.807, 2.05) is 6.92 Å². The van der Waals surface area contributed by atoms with E-state index in [1.54, 1.807) is 0 Å². The van der Waals surface area contributed by atoms with Gasteiger partial charge in [-0.25, -0.2) is 9.97 Å². The van der Waals surface area contributed by atoms with Crippen LogP contribution in [-0.4, -0.2) is 16.5 Å². The summed E-state index contributed by atoms with van der Waals surface area (Å²) in [5.74, 6) is 2.91. The third-order valence-corrected chi connectivity index (χ3v) is 3.47. The van der Waals surface area contributed by atoms with Crippen LogP contribution >= 0.6 is 0 Å². The van der Waals surface area contributed by atoms with Crippen molar-refractivity contribution < 1.29 is 0 Å². The summed E-state index contributed by atoms with van der Waals surface area (Å²) in [6, 6.07) is 2.07. The first kappa shape index (κ1) is 12.3. The maximum absolute atomic E-state index is 4.56. The Morgan fingerprint density at radius 2 is 2.00 bits per heavy atom. The summed E-state index contributed by atoms with van der Waals surface area (Å²) in [6.07, 6.45) is 2.80. The van der Waals surface area contributed by atoms with Crippen molar-refractivity contribution in [1.82, 2.24) is 9.97 Å². The molecular formula is C14H23N3. The van der Waals surface area contributed by atoms with Gasteiger partial charge in [-0.05, 0) is 43.6 Å². The first-order valence-corrected chi connectivity index (χ1v) is 6.65. The van der Waals surface area contributed by atoms with Crippen LogP contribution in [0.25, 0.3) is 0 Å². The van der Waals surface area contributed by atoms with Gasteiger partial charge in [0.1, 0.15) is 0 Å². The second-order valence-corrected chi connectivity index (χ2v) is 5.61. The first-order chi connectivity index (χ1) is 8.06. The average Bonchev–Trinajstić information content (AvgIpc) is 3.08. The minimum absolute atomic E-state index is 0.457. The molecule has 1 fully saturated rings. The quantitative estimate of drug-likeness (QED) is 0.847. The molecule has 1 aliphatic carbocycles. The topological polar surface area (TPSA) is 37.8 Å². The zero-order chi connectivity index (χ0) is 12.4. The summed E-state index contributed by atoms with van der Waals surface area (Å²) < 4.78 is 0. The molecule has 3 nitrogen and oxygen atoms in total. The molecule has 1 aliphatic rings. The predicted molar refractivity (Wildman–Crippen MR) is 71.2 cm³/mol. The van der Waals surface area contributed by atoms with Gasteiger partial charge in [-0.2, -0.15) is 0 Å². The van der Waals surface area contributed by atoms with Gasteiger partial charge in [0.25, 0.3) is 0 Å². The van der Waals surface area contributed by atoms with Crippen LogP contribution in [0.15, 0.2) is 6.07 Å². The van der Waals surface area contributed by atoms with Gasteiger partial charge < -0.3 is 5.32 Å². The molecule has 94 valence electrons. The Balaban J connectivity index is 1.99. The van der Waals surface area contributed by atoms with Crippen LogP contribution in [0.4, 0.5) is 5.95 Å². The summed E-state index contributed by atoms with van der Waals surface area (Å²) >= 11 is 0. The summed E-state index contributed by atoms with van der Waals surface area (Å²) in [5, 5.41) is 3.38. The van der Waals surface area contributed by atoms with Crippen molar-refractivity contribution in [3.63, 3.8) is 0 Å². The van der Waals surface area contributed by atoms with Gasteiger partial charge in [-0.3, -0.25) is 0 Å². The molecule has 1 heterocycles. The largest absolute Gasteiger partial charge is 0.354 e. The third-order valence-electron chi connectivity index (χ3n) is 3.47. The number of hydrogen-bond donors (Lipinski definition) is 1. The highest BCUT2D eigenvalue weighted by molar-refractivity contribution is 5.29. The fraction of sp³-hybridized carbons (Fsp3) is 0.714. The fourth-order valence-electron chi connectivity index (χ4n) is 2.05. The lowest BCUT2D eigenvalue weighted by Crippen LogP contribution is -2.15.